The van der Waals surface area contributed by atoms with Crippen LogP contribution >= 0.6 is 0 Å². The molecule has 0 radical (unpaired) electrons. The number of benzene rings is 2. The lowest BCUT2D eigenvalue weighted by atomic mass is 10.2. The minimum absolute atomic E-state index is 0.0339. The summed E-state index contributed by atoms with van der Waals surface area (Å²) in [6, 6.07) is 14.9. The molecule has 0 spiro atoms. The van der Waals surface area contributed by atoms with E-state index in [-0.39, 0.29) is 18.6 Å². The maximum Gasteiger partial charge on any atom is 0.243 e. The van der Waals surface area contributed by atoms with Crippen LogP contribution in [0.5, 0.6) is 11.5 Å². The summed E-state index contributed by atoms with van der Waals surface area (Å²) in [6.45, 7) is 7.69. The summed E-state index contributed by atoms with van der Waals surface area (Å²) in [7, 11) is 0. The highest BCUT2D eigenvalue weighted by atomic mass is 16.5. The molecule has 6 heteroatoms. The Balaban J connectivity index is 1.85. The summed E-state index contributed by atoms with van der Waals surface area (Å²) < 4.78 is 16.6. The largest absolute Gasteiger partial charge is 0.491 e. The van der Waals surface area contributed by atoms with Crippen molar-refractivity contribution in [3.05, 3.63) is 48.5 Å². The first kappa shape index (κ1) is 20.6. The lowest BCUT2D eigenvalue weighted by Gasteiger charge is -2.15. The second-order valence-electron chi connectivity index (χ2n) is 6.14. The zero-order valence-corrected chi connectivity index (χ0v) is 16.2. The number of anilines is 2. The van der Waals surface area contributed by atoms with E-state index in [1.165, 1.54) is 0 Å². The molecule has 0 saturated heterocycles. The maximum atomic E-state index is 12.3. The lowest BCUT2D eigenvalue weighted by Crippen LogP contribution is -2.22. The highest BCUT2D eigenvalue weighted by Gasteiger charge is 2.09. The Morgan fingerprint density at radius 1 is 1.07 bits per heavy atom. The van der Waals surface area contributed by atoms with Crippen LogP contribution in [0.4, 0.5) is 11.4 Å². The predicted molar refractivity (Wildman–Crippen MR) is 108 cm³/mol. The van der Waals surface area contributed by atoms with Gasteiger partial charge in [-0.3, -0.25) is 4.79 Å². The van der Waals surface area contributed by atoms with Crippen LogP contribution in [0.2, 0.25) is 0 Å². The van der Waals surface area contributed by atoms with Gasteiger partial charge in [-0.05, 0) is 45.0 Å². The molecule has 27 heavy (non-hydrogen) atoms. The van der Waals surface area contributed by atoms with Gasteiger partial charge in [-0.15, -0.1) is 0 Å². The molecule has 2 rings (SSSR count). The van der Waals surface area contributed by atoms with Crippen molar-refractivity contribution < 1.29 is 19.0 Å². The summed E-state index contributed by atoms with van der Waals surface area (Å²) in [4.78, 5) is 12.3. The van der Waals surface area contributed by atoms with Gasteiger partial charge in [0.05, 0.1) is 24.9 Å². The van der Waals surface area contributed by atoms with E-state index < -0.39 is 0 Å². The Morgan fingerprint density at radius 3 is 2.67 bits per heavy atom. The van der Waals surface area contributed by atoms with Gasteiger partial charge >= 0.3 is 0 Å². The molecule has 2 aromatic rings. The van der Waals surface area contributed by atoms with Gasteiger partial charge < -0.3 is 24.8 Å². The van der Waals surface area contributed by atoms with Crippen molar-refractivity contribution >= 4 is 17.3 Å². The first-order valence-electron chi connectivity index (χ1n) is 9.18. The Kier molecular flexibility index (Phi) is 8.45. The number of hydrogen-bond donors (Lipinski definition) is 2. The predicted octanol–water partition coefficient (Wildman–Crippen LogP) is 3.94. The van der Waals surface area contributed by atoms with Gasteiger partial charge in [-0.25, -0.2) is 0 Å². The fourth-order valence-electron chi connectivity index (χ4n) is 2.36. The second-order valence-corrected chi connectivity index (χ2v) is 6.14. The average Bonchev–Trinajstić information content (AvgIpc) is 2.65. The Morgan fingerprint density at radius 2 is 1.89 bits per heavy atom. The highest BCUT2D eigenvalue weighted by molar-refractivity contribution is 5.95. The van der Waals surface area contributed by atoms with E-state index in [1.54, 1.807) is 0 Å². The lowest BCUT2D eigenvalue weighted by molar-refractivity contribution is -0.114. The standard InChI is InChI=1S/C21H28N2O4/c1-4-25-12-13-26-18-9-7-8-17(14-18)22-15-21(24)23-19-10-5-6-11-20(19)27-16(2)3/h5-11,14,16,22H,4,12-13,15H2,1-3H3,(H,23,24). The SMILES string of the molecule is CCOCCOc1cccc(NCC(=O)Nc2ccccc2OC(C)C)c1. The normalized spacial score (nSPS) is 10.5. The molecule has 6 nitrogen and oxygen atoms in total. The molecule has 0 fully saturated rings. The van der Waals surface area contributed by atoms with Crippen LogP contribution in [-0.2, 0) is 9.53 Å². The maximum absolute atomic E-state index is 12.3. The number of para-hydroxylation sites is 2. The van der Waals surface area contributed by atoms with Crippen molar-refractivity contribution in [2.75, 3.05) is 37.0 Å². The van der Waals surface area contributed by atoms with Crippen molar-refractivity contribution in [1.82, 2.24) is 0 Å². The number of hydrogen-bond acceptors (Lipinski definition) is 5. The minimum atomic E-state index is -0.155. The van der Waals surface area contributed by atoms with Crippen molar-refractivity contribution in [2.45, 2.75) is 26.9 Å². The summed E-state index contributed by atoms with van der Waals surface area (Å²) in [5, 5.41) is 5.98. The van der Waals surface area contributed by atoms with Crippen LogP contribution in [0.25, 0.3) is 0 Å². The third-order valence-electron chi connectivity index (χ3n) is 3.51. The van der Waals surface area contributed by atoms with Gasteiger partial charge in [0.25, 0.3) is 0 Å². The Bertz CT molecular complexity index is 719. The van der Waals surface area contributed by atoms with Gasteiger partial charge in [-0.1, -0.05) is 18.2 Å². The van der Waals surface area contributed by atoms with Crippen LogP contribution in [0, 0.1) is 0 Å². The van der Waals surface area contributed by atoms with E-state index >= 15 is 0 Å². The summed E-state index contributed by atoms with van der Waals surface area (Å²) in [6.07, 6.45) is 0.0339. The van der Waals surface area contributed by atoms with Crippen LogP contribution in [-0.4, -0.2) is 38.4 Å². The van der Waals surface area contributed by atoms with Gasteiger partial charge in [0, 0.05) is 18.4 Å². The van der Waals surface area contributed by atoms with E-state index in [9.17, 15) is 4.79 Å². The molecule has 0 heterocycles. The quantitative estimate of drug-likeness (QED) is 0.585. The number of carbonyl (C=O) groups excluding carboxylic acids is 1. The number of ether oxygens (including phenoxy) is 3. The van der Waals surface area contributed by atoms with Crippen molar-refractivity contribution in [3.63, 3.8) is 0 Å². The summed E-state index contributed by atoms with van der Waals surface area (Å²) in [5.74, 6) is 1.24. The third kappa shape index (κ3) is 7.58. The molecule has 0 unspecified atom stereocenters. The first-order chi connectivity index (χ1) is 13.1. The molecule has 0 atom stereocenters. The molecule has 2 N–H and O–H groups in total. The number of rotatable bonds is 11. The van der Waals surface area contributed by atoms with E-state index in [2.05, 4.69) is 10.6 Å². The molecular weight excluding hydrogens is 344 g/mol. The van der Waals surface area contributed by atoms with Crippen molar-refractivity contribution in [2.24, 2.45) is 0 Å². The van der Waals surface area contributed by atoms with Crippen LogP contribution in [0.15, 0.2) is 48.5 Å². The Labute approximate surface area is 160 Å². The van der Waals surface area contributed by atoms with Crippen LogP contribution in [0.3, 0.4) is 0 Å². The molecule has 146 valence electrons. The van der Waals surface area contributed by atoms with E-state index in [0.717, 1.165) is 11.4 Å². The topological polar surface area (TPSA) is 68.8 Å². The van der Waals surface area contributed by atoms with Crippen LogP contribution in [0.1, 0.15) is 20.8 Å². The number of carbonyl (C=O) groups is 1. The van der Waals surface area contributed by atoms with Crippen molar-refractivity contribution in [1.29, 1.82) is 0 Å². The van der Waals surface area contributed by atoms with Gasteiger partial charge in [0.15, 0.2) is 0 Å². The molecule has 2 aromatic carbocycles. The Hall–Kier alpha value is -2.73. The van der Waals surface area contributed by atoms with E-state index in [0.29, 0.717) is 31.3 Å². The zero-order chi connectivity index (χ0) is 19.5. The smallest absolute Gasteiger partial charge is 0.243 e. The molecule has 0 aromatic heterocycles. The van der Waals surface area contributed by atoms with Gasteiger partial charge in [0.1, 0.15) is 18.1 Å². The first-order valence-corrected chi connectivity index (χ1v) is 9.18. The fourth-order valence-corrected chi connectivity index (χ4v) is 2.36. The zero-order valence-electron chi connectivity index (χ0n) is 16.2. The van der Waals surface area contributed by atoms with E-state index in [1.807, 2.05) is 69.3 Å². The number of nitrogens with one attached hydrogen (secondary N) is 2. The molecular formula is C21H28N2O4. The van der Waals surface area contributed by atoms with E-state index in [4.69, 9.17) is 14.2 Å². The molecule has 0 aliphatic heterocycles. The van der Waals surface area contributed by atoms with Gasteiger partial charge in [-0.2, -0.15) is 0 Å². The fraction of sp³-hybridized carbons (Fsp3) is 0.381. The van der Waals surface area contributed by atoms with Crippen molar-refractivity contribution in [3.8, 4) is 11.5 Å². The molecule has 1 amide bonds. The molecule has 0 saturated carbocycles. The third-order valence-corrected chi connectivity index (χ3v) is 3.51. The molecule has 0 aliphatic rings. The van der Waals surface area contributed by atoms with Crippen LogP contribution < -0.4 is 20.1 Å². The molecule has 0 bridgehead atoms. The number of amides is 1. The average molecular weight is 372 g/mol. The second kappa shape index (κ2) is 11.1. The summed E-state index contributed by atoms with van der Waals surface area (Å²) in [5.41, 5.74) is 1.47. The monoisotopic (exact) mass is 372 g/mol. The van der Waals surface area contributed by atoms with Gasteiger partial charge in [0.2, 0.25) is 5.91 Å². The molecule has 0 aliphatic carbocycles. The summed E-state index contributed by atoms with van der Waals surface area (Å²) >= 11 is 0. The minimum Gasteiger partial charge on any atom is -0.491 e. The highest BCUT2D eigenvalue weighted by Crippen LogP contribution is 2.24.